The maximum atomic E-state index is 14.4. The summed E-state index contributed by atoms with van der Waals surface area (Å²) in [5.74, 6) is -0.660. The fourth-order valence-corrected chi connectivity index (χ4v) is 4.96. The first-order valence-corrected chi connectivity index (χ1v) is 10.3. The average molecular weight is 390 g/mol. The molecule has 0 spiro atoms. The molecule has 1 heterocycles. The Hall–Kier alpha value is -2.25. The Labute approximate surface area is 159 Å². The van der Waals surface area contributed by atoms with Crippen molar-refractivity contribution >= 4 is 21.5 Å². The van der Waals surface area contributed by atoms with Gasteiger partial charge in [0.25, 0.3) is 0 Å². The third-order valence-corrected chi connectivity index (χ3v) is 6.92. The van der Waals surface area contributed by atoms with Crippen LogP contribution in [0, 0.1) is 12.7 Å². The van der Waals surface area contributed by atoms with E-state index in [4.69, 9.17) is 0 Å². The summed E-state index contributed by atoms with van der Waals surface area (Å²) in [5.41, 5.74) is 1.71. The normalized spacial score (nSPS) is 18.5. The number of rotatable bonds is 4. The second-order valence-corrected chi connectivity index (χ2v) is 8.84. The van der Waals surface area contributed by atoms with E-state index in [0.29, 0.717) is 24.3 Å². The molecule has 1 saturated heterocycles. The Bertz CT molecular complexity index is 958. The number of hydrogen-bond acceptors (Lipinski definition) is 4. The number of halogens is 1. The van der Waals surface area contributed by atoms with Gasteiger partial charge < -0.3 is 4.90 Å². The van der Waals surface area contributed by atoms with E-state index in [9.17, 15) is 17.6 Å². The fraction of sp³-hybridized carbons (Fsp3) is 0.350. The van der Waals surface area contributed by atoms with Gasteiger partial charge in [-0.1, -0.05) is 17.7 Å². The zero-order valence-electron chi connectivity index (χ0n) is 15.6. The molecule has 1 fully saturated rings. The smallest absolute Gasteiger partial charge is 0.243 e. The molecule has 2 aromatic rings. The number of ketones is 1. The predicted molar refractivity (Wildman–Crippen MR) is 103 cm³/mol. The van der Waals surface area contributed by atoms with Gasteiger partial charge in [-0.3, -0.25) is 4.79 Å². The molecule has 0 amide bonds. The van der Waals surface area contributed by atoms with Crippen molar-refractivity contribution in [3.8, 4) is 0 Å². The van der Waals surface area contributed by atoms with Gasteiger partial charge in [0.1, 0.15) is 5.82 Å². The highest BCUT2D eigenvalue weighted by Crippen LogP contribution is 2.27. The maximum Gasteiger partial charge on any atom is 0.243 e. The van der Waals surface area contributed by atoms with E-state index in [1.165, 1.54) is 17.3 Å². The van der Waals surface area contributed by atoms with Gasteiger partial charge in [0, 0.05) is 31.2 Å². The van der Waals surface area contributed by atoms with Crippen LogP contribution in [-0.4, -0.2) is 44.2 Å². The quantitative estimate of drug-likeness (QED) is 0.752. The predicted octanol–water partition coefficient (Wildman–Crippen LogP) is 3.24. The molecule has 0 saturated carbocycles. The SMILES string of the molecule is CC(=O)c1ccc(N2CCN(S(=O)(=O)c3ccc(C)cc3)[C@H](C)C2)c(F)c1. The van der Waals surface area contributed by atoms with Crippen molar-refractivity contribution in [2.45, 2.75) is 31.7 Å². The lowest BCUT2D eigenvalue weighted by Gasteiger charge is -2.40. The molecule has 0 radical (unpaired) electrons. The number of carbonyl (C=O) groups is 1. The molecule has 0 aliphatic carbocycles. The van der Waals surface area contributed by atoms with Gasteiger partial charge in [0.05, 0.1) is 10.6 Å². The van der Waals surface area contributed by atoms with Gasteiger partial charge in [-0.25, -0.2) is 12.8 Å². The first-order valence-electron chi connectivity index (χ1n) is 8.84. The molecule has 1 aliphatic heterocycles. The molecule has 3 rings (SSSR count). The molecule has 144 valence electrons. The van der Waals surface area contributed by atoms with E-state index in [1.54, 1.807) is 36.4 Å². The number of aryl methyl sites for hydroxylation is 1. The van der Waals surface area contributed by atoms with Crippen LogP contribution in [0.15, 0.2) is 47.4 Å². The van der Waals surface area contributed by atoms with Crippen LogP contribution in [0.1, 0.15) is 29.8 Å². The molecule has 7 heteroatoms. The van der Waals surface area contributed by atoms with Gasteiger partial charge in [0.15, 0.2) is 5.78 Å². The molecule has 0 unspecified atom stereocenters. The topological polar surface area (TPSA) is 57.7 Å². The summed E-state index contributed by atoms with van der Waals surface area (Å²) < 4.78 is 41.8. The lowest BCUT2D eigenvalue weighted by Crippen LogP contribution is -2.54. The van der Waals surface area contributed by atoms with Crippen LogP contribution in [0.4, 0.5) is 10.1 Å². The van der Waals surface area contributed by atoms with Crippen LogP contribution < -0.4 is 4.90 Å². The second kappa shape index (κ2) is 7.40. The number of nitrogens with zero attached hydrogens (tertiary/aromatic N) is 2. The number of hydrogen-bond donors (Lipinski definition) is 0. The Morgan fingerprint density at radius 3 is 2.33 bits per heavy atom. The van der Waals surface area contributed by atoms with Gasteiger partial charge in [-0.15, -0.1) is 0 Å². The van der Waals surface area contributed by atoms with Gasteiger partial charge >= 0.3 is 0 Å². The lowest BCUT2D eigenvalue weighted by molar-refractivity contribution is 0.101. The minimum Gasteiger partial charge on any atom is -0.366 e. The molecule has 1 aliphatic rings. The highest BCUT2D eigenvalue weighted by atomic mass is 32.2. The lowest BCUT2D eigenvalue weighted by atomic mass is 10.1. The Morgan fingerprint density at radius 2 is 1.78 bits per heavy atom. The average Bonchev–Trinajstić information content (AvgIpc) is 2.61. The van der Waals surface area contributed by atoms with E-state index >= 15 is 0 Å². The van der Waals surface area contributed by atoms with Crippen LogP contribution in [0.5, 0.6) is 0 Å². The molecular weight excluding hydrogens is 367 g/mol. The van der Waals surface area contributed by atoms with Crippen molar-refractivity contribution in [3.05, 3.63) is 59.4 Å². The van der Waals surface area contributed by atoms with E-state index in [-0.39, 0.29) is 23.3 Å². The second-order valence-electron chi connectivity index (χ2n) is 6.95. The number of carbonyl (C=O) groups excluding carboxylic acids is 1. The third kappa shape index (κ3) is 3.89. The summed E-state index contributed by atoms with van der Waals surface area (Å²) in [6, 6.07) is 10.9. The number of benzene rings is 2. The van der Waals surface area contributed by atoms with Crippen molar-refractivity contribution in [2.24, 2.45) is 0 Å². The van der Waals surface area contributed by atoms with Crippen LogP contribution in [-0.2, 0) is 10.0 Å². The molecular formula is C20H23FN2O3S. The van der Waals surface area contributed by atoms with Crippen LogP contribution in [0.25, 0.3) is 0 Å². The van der Waals surface area contributed by atoms with Crippen molar-refractivity contribution in [3.63, 3.8) is 0 Å². The van der Waals surface area contributed by atoms with E-state index in [2.05, 4.69) is 0 Å². The summed E-state index contributed by atoms with van der Waals surface area (Å²) in [6.45, 7) is 6.15. The summed E-state index contributed by atoms with van der Waals surface area (Å²) in [7, 11) is -3.59. The van der Waals surface area contributed by atoms with E-state index < -0.39 is 15.8 Å². The van der Waals surface area contributed by atoms with E-state index in [1.807, 2.05) is 18.7 Å². The monoisotopic (exact) mass is 390 g/mol. The highest BCUT2D eigenvalue weighted by molar-refractivity contribution is 7.89. The van der Waals surface area contributed by atoms with Crippen molar-refractivity contribution in [1.82, 2.24) is 4.31 Å². The fourth-order valence-electron chi connectivity index (χ4n) is 3.34. The first-order chi connectivity index (χ1) is 12.7. The molecule has 27 heavy (non-hydrogen) atoms. The maximum absolute atomic E-state index is 14.4. The Kier molecular flexibility index (Phi) is 5.35. The third-order valence-electron chi connectivity index (χ3n) is 4.89. The summed E-state index contributed by atoms with van der Waals surface area (Å²) in [6.07, 6.45) is 0. The summed E-state index contributed by atoms with van der Waals surface area (Å²) >= 11 is 0. The molecule has 0 N–H and O–H groups in total. The number of anilines is 1. The van der Waals surface area contributed by atoms with Gasteiger partial charge in [0.2, 0.25) is 10.0 Å². The number of sulfonamides is 1. The molecule has 2 aromatic carbocycles. The van der Waals surface area contributed by atoms with Crippen molar-refractivity contribution < 1.29 is 17.6 Å². The summed E-state index contributed by atoms with van der Waals surface area (Å²) in [4.78, 5) is 13.5. The van der Waals surface area contributed by atoms with Crippen molar-refractivity contribution in [1.29, 1.82) is 0 Å². The highest BCUT2D eigenvalue weighted by Gasteiger charge is 2.34. The van der Waals surface area contributed by atoms with Gasteiger partial charge in [-0.2, -0.15) is 4.31 Å². The Balaban J connectivity index is 1.80. The van der Waals surface area contributed by atoms with Crippen LogP contribution in [0.3, 0.4) is 0 Å². The molecule has 0 bridgehead atoms. The molecule has 5 nitrogen and oxygen atoms in total. The van der Waals surface area contributed by atoms with E-state index in [0.717, 1.165) is 5.56 Å². The van der Waals surface area contributed by atoms with Crippen molar-refractivity contribution in [2.75, 3.05) is 24.5 Å². The number of piperazine rings is 1. The molecule has 0 aromatic heterocycles. The van der Waals surface area contributed by atoms with Crippen LogP contribution >= 0.6 is 0 Å². The zero-order valence-corrected chi connectivity index (χ0v) is 16.5. The standard InChI is InChI=1S/C20H23FN2O3S/c1-14-4-7-18(8-5-14)27(25,26)23-11-10-22(13-15(23)2)20-9-6-17(16(3)24)12-19(20)21/h4-9,12,15H,10-11,13H2,1-3H3/t15-/m1/s1. The summed E-state index contributed by atoms with van der Waals surface area (Å²) in [5, 5.41) is 0. The number of Topliss-reactive ketones (excluding diaryl/α,β-unsaturated/α-hetero) is 1. The zero-order chi connectivity index (χ0) is 19.8. The minimum atomic E-state index is -3.59. The minimum absolute atomic E-state index is 0.192. The first kappa shape index (κ1) is 19.5. The molecule has 1 atom stereocenters. The largest absolute Gasteiger partial charge is 0.366 e. The van der Waals surface area contributed by atoms with Gasteiger partial charge in [-0.05, 0) is 51.1 Å². The Morgan fingerprint density at radius 1 is 1.11 bits per heavy atom. The van der Waals surface area contributed by atoms with Crippen LogP contribution in [0.2, 0.25) is 0 Å².